The number of guanidine groups is 1. The summed E-state index contributed by atoms with van der Waals surface area (Å²) in [6.45, 7) is 10.6. The lowest BCUT2D eigenvalue weighted by Crippen LogP contribution is -2.48. The lowest BCUT2D eigenvalue weighted by atomic mass is 10.1. The van der Waals surface area contributed by atoms with Gasteiger partial charge in [0.05, 0.1) is 38.6 Å². The third-order valence-electron chi connectivity index (χ3n) is 4.24. The number of nitrogens with one attached hydrogen (secondary N) is 2. The van der Waals surface area contributed by atoms with Gasteiger partial charge in [-0.2, -0.15) is 0 Å². The Balaban J connectivity index is 0.00000392. The first-order valence-corrected chi connectivity index (χ1v) is 9.75. The van der Waals surface area contributed by atoms with Crippen molar-refractivity contribution in [1.82, 2.24) is 15.5 Å². The lowest BCUT2D eigenvalue weighted by Gasteiger charge is -2.33. The van der Waals surface area contributed by atoms with Crippen molar-refractivity contribution in [3.63, 3.8) is 0 Å². The first-order valence-electron chi connectivity index (χ1n) is 9.75. The molecule has 0 saturated carbocycles. The molecule has 0 aliphatic carbocycles. The van der Waals surface area contributed by atoms with E-state index in [-0.39, 0.29) is 24.0 Å². The molecule has 3 N–H and O–H groups in total. The van der Waals surface area contributed by atoms with Crippen LogP contribution in [-0.4, -0.2) is 80.7 Å². The fourth-order valence-electron chi connectivity index (χ4n) is 2.89. The first-order chi connectivity index (χ1) is 13.1. The van der Waals surface area contributed by atoms with Crippen molar-refractivity contribution in [3.05, 3.63) is 35.9 Å². The first kappa shape index (κ1) is 25.1. The number of rotatable bonds is 10. The monoisotopic (exact) mass is 506 g/mol. The number of hydrogen-bond acceptors (Lipinski definition) is 5. The molecule has 160 valence electrons. The van der Waals surface area contributed by atoms with Crippen LogP contribution in [0.2, 0.25) is 0 Å². The molecular weight excluding hydrogens is 471 g/mol. The van der Waals surface area contributed by atoms with Crippen LogP contribution in [0.4, 0.5) is 0 Å². The zero-order chi connectivity index (χ0) is 19.4. The Bertz CT molecular complexity index is 552. The maximum absolute atomic E-state index is 10.6. The highest BCUT2D eigenvalue weighted by atomic mass is 127. The van der Waals surface area contributed by atoms with Crippen molar-refractivity contribution in [1.29, 1.82) is 0 Å². The van der Waals surface area contributed by atoms with E-state index in [0.29, 0.717) is 38.8 Å². The van der Waals surface area contributed by atoms with Crippen LogP contribution < -0.4 is 10.6 Å². The Labute approximate surface area is 185 Å². The molecule has 7 nitrogen and oxygen atoms in total. The summed E-state index contributed by atoms with van der Waals surface area (Å²) in [4.78, 5) is 6.76. The maximum atomic E-state index is 10.6. The van der Waals surface area contributed by atoms with E-state index in [0.717, 1.165) is 38.4 Å². The molecule has 1 unspecified atom stereocenters. The van der Waals surface area contributed by atoms with Gasteiger partial charge in [-0.3, -0.25) is 9.89 Å². The van der Waals surface area contributed by atoms with E-state index in [1.807, 2.05) is 32.0 Å². The summed E-state index contributed by atoms with van der Waals surface area (Å²) < 4.78 is 11.0. The van der Waals surface area contributed by atoms with Crippen molar-refractivity contribution in [3.8, 4) is 0 Å². The lowest BCUT2D eigenvalue weighted by molar-refractivity contribution is -0.0180. The van der Waals surface area contributed by atoms with Crippen LogP contribution in [-0.2, 0) is 16.1 Å². The van der Waals surface area contributed by atoms with Gasteiger partial charge in [0.15, 0.2) is 5.96 Å². The van der Waals surface area contributed by atoms with Crippen LogP contribution in [0.1, 0.15) is 19.4 Å². The average Bonchev–Trinajstić information content (AvgIpc) is 2.67. The molecule has 2 rings (SSSR count). The molecular formula is C20H35IN4O3. The number of morpholine rings is 1. The predicted octanol–water partition coefficient (Wildman–Crippen LogP) is 1.46. The Hall–Kier alpha value is -0.940. The molecule has 28 heavy (non-hydrogen) atoms. The number of aliphatic hydroxyl groups is 1. The normalized spacial score (nSPS) is 17.5. The highest BCUT2D eigenvalue weighted by Crippen LogP contribution is 2.09. The molecule has 1 aromatic rings. The molecule has 0 spiro atoms. The fraction of sp³-hybridized carbons (Fsp3) is 0.650. The van der Waals surface area contributed by atoms with Crippen molar-refractivity contribution in [2.75, 3.05) is 59.1 Å². The third kappa shape index (κ3) is 10.6. The number of hydrogen-bond donors (Lipinski definition) is 3. The number of benzene rings is 1. The van der Waals surface area contributed by atoms with Gasteiger partial charge in [-0.05, 0) is 19.4 Å². The number of ether oxygens (including phenoxy) is 2. The van der Waals surface area contributed by atoms with Gasteiger partial charge in [-0.25, -0.2) is 0 Å². The minimum absolute atomic E-state index is 0. The minimum atomic E-state index is -0.872. The molecule has 1 atom stereocenters. The summed E-state index contributed by atoms with van der Waals surface area (Å²) >= 11 is 0. The van der Waals surface area contributed by atoms with E-state index in [4.69, 9.17) is 9.47 Å². The van der Waals surface area contributed by atoms with Gasteiger partial charge in [-0.15, -0.1) is 24.0 Å². The van der Waals surface area contributed by atoms with E-state index in [1.165, 1.54) is 0 Å². The molecule has 0 radical (unpaired) electrons. The van der Waals surface area contributed by atoms with E-state index < -0.39 is 5.60 Å². The van der Waals surface area contributed by atoms with Gasteiger partial charge in [0.2, 0.25) is 0 Å². The molecule has 0 aromatic heterocycles. The van der Waals surface area contributed by atoms with Gasteiger partial charge < -0.3 is 25.2 Å². The van der Waals surface area contributed by atoms with Crippen LogP contribution >= 0.6 is 24.0 Å². The maximum Gasteiger partial charge on any atom is 0.191 e. The molecule has 8 heteroatoms. The van der Waals surface area contributed by atoms with Crippen LogP contribution in [0.25, 0.3) is 0 Å². The second-order valence-electron chi connectivity index (χ2n) is 7.05. The number of β-amino-alcohol motifs (C(OH)–C–C–N with tert-alkyl or cyclic N) is 1. The second-order valence-corrected chi connectivity index (χ2v) is 7.05. The smallest absolute Gasteiger partial charge is 0.191 e. The van der Waals surface area contributed by atoms with E-state index in [9.17, 15) is 5.11 Å². The number of nitrogens with zero attached hydrogens (tertiary/aromatic N) is 2. The van der Waals surface area contributed by atoms with Crippen molar-refractivity contribution in [2.45, 2.75) is 26.1 Å². The van der Waals surface area contributed by atoms with E-state index >= 15 is 0 Å². The Morgan fingerprint density at radius 2 is 1.96 bits per heavy atom. The molecule has 1 heterocycles. The van der Waals surface area contributed by atoms with E-state index in [1.54, 1.807) is 0 Å². The quantitative estimate of drug-likeness (QED) is 0.193. The number of aliphatic imine (C=N–C) groups is 1. The summed E-state index contributed by atoms with van der Waals surface area (Å²) in [6.07, 6.45) is 0. The summed E-state index contributed by atoms with van der Waals surface area (Å²) in [5.74, 6) is 0.697. The second kappa shape index (κ2) is 14.1. The summed E-state index contributed by atoms with van der Waals surface area (Å²) in [5.41, 5.74) is 0.293. The Morgan fingerprint density at radius 3 is 2.64 bits per heavy atom. The molecule has 1 aliphatic heterocycles. The van der Waals surface area contributed by atoms with Crippen molar-refractivity contribution in [2.24, 2.45) is 4.99 Å². The average molecular weight is 506 g/mol. The van der Waals surface area contributed by atoms with Crippen LogP contribution in [0.5, 0.6) is 0 Å². The van der Waals surface area contributed by atoms with Crippen LogP contribution in [0, 0.1) is 0 Å². The molecule has 1 saturated heterocycles. The largest absolute Gasteiger partial charge is 0.387 e. The molecule has 1 aromatic carbocycles. The highest BCUT2D eigenvalue weighted by molar-refractivity contribution is 14.0. The zero-order valence-corrected chi connectivity index (χ0v) is 19.4. The van der Waals surface area contributed by atoms with Crippen LogP contribution in [0.15, 0.2) is 35.3 Å². The Kier molecular flexibility index (Phi) is 12.6. The van der Waals surface area contributed by atoms with Gasteiger partial charge in [-0.1, -0.05) is 30.3 Å². The third-order valence-corrected chi connectivity index (χ3v) is 4.24. The van der Waals surface area contributed by atoms with Gasteiger partial charge in [0.25, 0.3) is 0 Å². The minimum Gasteiger partial charge on any atom is -0.387 e. The van der Waals surface area contributed by atoms with Crippen molar-refractivity contribution < 1.29 is 14.6 Å². The SMILES string of the molecule is CCNC(=NCC(C)(O)CN1CCOCC1)NCCOCc1ccccc1.I. The van der Waals surface area contributed by atoms with Crippen molar-refractivity contribution >= 4 is 29.9 Å². The predicted molar refractivity (Wildman–Crippen MR) is 123 cm³/mol. The fourth-order valence-corrected chi connectivity index (χ4v) is 2.89. The van der Waals surface area contributed by atoms with Gasteiger partial charge in [0.1, 0.15) is 0 Å². The highest BCUT2D eigenvalue weighted by Gasteiger charge is 2.25. The van der Waals surface area contributed by atoms with Gasteiger partial charge >= 0.3 is 0 Å². The molecule has 0 amide bonds. The molecule has 1 fully saturated rings. The summed E-state index contributed by atoms with van der Waals surface area (Å²) in [7, 11) is 0. The summed E-state index contributed by atoms with van der Waals surface area (Å²) in [5, 5.41) is 17.1. The topological polar surface area (TPSA) is 78.4 Å². The van der Waals surface area contributed by atoms with Gasteiger partial charge in [0, 0.05) is 32.7 Å². The Morgan fingerprint density at radius 1 is 1.25 bits per heavy atom. The standard InChI is InChI=1S/C20H34N4O3.HI/c1-3-21-19(22-9-12-27-15-18-7-5-4-6-8-18)23-16-20(2,25)17-24-10-13-26-14-11-24;/h4-8,25H,3,9-17H2,1-2H3,(H2,21,22,23);1H. The number of halogens is 1. The molecule has 1 aliphatic rings. The molecule has 0 bridgehead atoms. The van der Waals surface area contributed by atoms with E-state index in [2.05, 4.69) is 32.7 Å². The van der Waals surface area contributed by atoms with Crippen LogP contribution in [0.3, 0.4) is 0 Å². The zero-order valence-electron chi connectivity index (χ0n) is 17.0. The summed E-state index contributed by atoms with van der Waals surface area (Å²) in [6, 6.07) is 10.1.